The number of methoxy groups -OCH3 is 1. The van der Waals surface area contributed by atoms with Crippen LogP contribution in [0.25, 0.3) is 0 Å². The van der Waals surface area contributed by atoms with E-state index in [1.165, 1.54) is 6.92 Å². The molecular formula is C21H26N2O3. The lowest BCUT2D eigenvalue weighted by Gasteiger charge is -2.18. The van der Waals surface area contributed by atoms with Crippen molar-refractivity contribution in [3.63, 3.8) is 0 Å². The molecule has 138 valence electrons. The number of nitrogens with one attached hydrogen (secondary N) is 2. The van der Waals surface area contributed by atoms with Gasteiger partial charge in [0.15, 0.2) is 0 Å². The predicted molar refractivity (Wildman–Crippen MR) is 101 cm³/mol. The van der Waals surface area contributed by atoms with Crippen molar-refractivity contribution >= 4 is 11.8 Å². The van der Waals surface area contributed by atoms with E-state index in [4.69, 9.17) is 4.74 Å². The van der Waals surface area contributed by atoms with Crippen LogP contribution >= 0.6 is 0 Å². The summed E-state index contributed by atoms with van der Waals surface area (Å²) in [6, 6.07) is 15.4. The van der Waals surface area contributed by atoms with E-state index in [9.17, 15) is 9.59 Å². The Morgan fingerprint density at radius 1 is 1.08 bits per heavy atom. The van der Waals surface area contributed by atoms with Gasteiger partial charge in [0, 0.05) is 20.6 Å². The second-order valence-corrected chi connectivity index (χ2v) is 6.40. The molecule has 5 heteroatoms. The summed E-state index contributed by atoms with van der Waals surface area (Å²) in [7, 11) is 1.65. The smallest absolute Gasteiger partial charge is 0.222 e. The van der Waals surface area contributed by atoms with E-state index in [2.05, 4.69) is 10.6 Å². The van der Waals surface area contributed by atoms with Crippen LogP contribution in [0, 0.1) is 6.92 Å². The number of benzene rings is 2. The topological polar surface area (TPSA) is 67.4 Å². The third-order valence-corrected chi connectivity index (χ3v) is 4.04. The molecule has 2 N–H and O–H groups in total. The van der Waals surface area contributed by atoms with Gasteiger partial charge in [-0.05, 0) is 23.6 Å². The van der Waals surface area contributed by atoms with Crippen molar-refractivity contribution in [2.24, 2.45) is 0 Å². The number of hydrogen-bond acceptors (Lipinski definition) is 3. The standard InChI is InChI=1S/C21H26N2O3/c1-15-7-9-19(10-8-15)20(23-16(2)24)12-21(25)22-13-17-5-4-6-18(11-17)14-26-3/h4-11,20H,12-14H2,1-3H3,(H,22,25)(H,23,24). The minimum atomic E-state index is -0.340. The molecule has 0 radical (unpaired) electrons. The maximum Gasteiger partial charge on any atom is 0.222 e. The van der Waals surface area contributed by atoms with E-state index in [1.807, 2.05) is 55.5 Å². The fraction of sp³-hybridized carbons (Fsp3) is 0.333. The number of rotatable bonds is 8. The molecule has 2 aromatic carbocycles. The second-order valence-electron chi connectivity index (χ2n) is 6.40. The van der Waals surface area contributed by atoms with Gasteiger partial charge in [-0.25, -0.2) is 0 Å². The first-order chi connectivity index (χ1) is 12.5. The second kappa shape index (κ2) is 9.73. The molecular weight excluding hydrogens is 328 g/mol. The average Bonchev–Trinajstić information content (AvgIpc) is 2.60. The third-order valence-electron chi connectivity index (χ3n) is 4.04. The van der Waals surface area contributed by atoms with E-state index in [-0.39, 0.29) is 24.3 Å². The number of amides is 2. The zero-order valence-corrected chi connectivity index (χ0v) is 15.5. The van der Waals surface area contributed by atoms with E-state index in [0.29, 0.717) is 13.2 Å². The van der Waals surface area contributed by atoms with Crippen LogP contribution < -0.4 is 10.6 Å². The number of hydrogen-bond donors (Lipinski definition) is 2. The van der Waals surface area contributed by atoms with Crippen molar-refractivity contribution in [2.75, 3.05) is 7.11 Å². The number of carbonyl (C=O) groups excluding carboxylic acids is 2. The largest absolute Gasteiger partial charge is 0.380 e. The van der Waals surface area contributed by atoms with Crippen LogP contribution in [0.5, 0.6) is 0 Å². The first kappa shape index (κ1) is 19.7. The molecule has 0 aliphatic carbocycles. The number of carbonyl (C=O) groups is 2. The van der Waals surface area contributed by atoms with Gasteiger partial charge in [-0.15, -0.1) is 0 Å². The van der Waals surface area contributed by atoms with Crippen molar-refractivity contribution in [3.05, 3.63) is 70.8 Å². The van der Waals surface area contributed by atoms with E-state index < -0.39 is 0 Å². The summed E-state index contributed by atoms with van der Waals surface area (Å²) in [4.78, 5) is 23.9. The Morgan fingerprint density at radius 3 is 2.42 bits per heavy atom. The molecule has 0 aromatic heterocycles. The van der Waals surface area contributed by atoms with Crippen LogP contribution in [0.15, 0.2) is 48.5 Å². The first-order valence-corrected chi connectivity index (χ1v) is 8.65. The van der Waals surface area contributed by atoms with Crippen LogP contribution in [0.2, 0.25) is 0 Å². The molecule has 5 nitrogen and oxygen atoms in total. The lowest BCUT2D eigenvalue weighted by Crippen LogP contribution is -2.32. The Kier molecular flexibility index (Phi) is 7.36. The van der Waals surface area contributed by atoms with Gasteiger partial charge < -0.3 is 15.4 Å². The van der Waals surface area contributed by atoms with Crippen molar-refractivity contribution < 1.29 is 14.3 Å². The van der Waals surface area contributed by atoms with E-state index in [0.717, 1.165) is 22.3 Å². The average molecular weight is 354 g/mol. The minimum absolute atomic E-state index is 0.110. The highest BCUT2D eigenvalue weighted by molar-refractivity contribution is 5.79. The summed E-state index contributed by atoms with van der Waals surface area (Å²) < 4.78 is 5.13. The van der Waals surface area contributed by atoms with Crippen LogP contribution in [0.4, 0.5) is 0 Å². The molecule has 0 fully saturated rings. The zero-order chi connectivity index (χ0) is 18.9. The Labute approximate surface area is 154 Å². The molecule has 0 spiro atoms. The van der Waals surface area contributed by atoms with Crippen LogP contribution in [0.1, 0.15) is 41.6 Å². The van der Waals surface area contributed by atoms with Gasteiger partial charge in [-0.2, -0.15) is 0 Å². The van der Waals surface area contributed by atoms with Gasteiger partial charge in [0.1, 0.15) is 0 Å². The van der Waals surface area contributed by atoms with Gasteiger partial charge in [0.25, 0.3) is 0 Å². The molecule has 2 amide bonds. The monoisotopic (exact) mass is 354 g/mol. The zero-order valence-electron chi connectivity index (χ0n) is 15.5. The SMILES string of the molecule is COCc1cccc(CNC(=O)CC(NC(C)=O)c2ccc(C)cc2)c1. The lowest BCUT2D eigenvalue weighted by molar-refractivity contribution is -0.122. The molecule has 0 saturated carbocycles. The minimum Gasteiger partial charge on any atom is -0.380 e. The van der Waals surface area contributed by atoms with Gasteiger partial charge in [0.2, 0.25) is 11.8 Å². The normalized spacial score (nSPS) is 11.7. The van der Waals surface area contributed by atoms with Crippen molar-refractivity contribution in [1.82, 2.24) is 10.6 Å². The van der Waals surface area contributed by atoms with E-state index >= 15 is 0 Å². The summed E-state index contributed by atoms with van der Waals surface area (Å²) in [5, 5.41) is 5.78. The Bertz CT molecular complexity index is 741. The molecule has 0 aliphatic rings. The van der Waals surface area contributed by atoms with Crippen molar-refractivity contribution in [2.45, 2.75) is 39.5 Å². The fourth-order valence-electron chi connectivity index (χ4n) is 2.75. The Balaban J connectivity index is 1.97. The van der Waals surface area contributed by atoms with Gasteiger partial charge in [-0.1, -0.05) is 54.1 Å². The highest BCUT2D eigenvalue weighted by atomic mass is 16.5. The van der Waals surface area contributed by atoms with Crippen molar-refractivity contribution in [3.8, 4) is 0 Å². The van der Waals surface area contributed by atoms with Gasteiger partial charge in [0.05, 0.1) is 19.1 Å². The molecule has 0 aliphatic heterocycles. The summed E-state index contributed by atoms with van der Waals surface area (Å²) in [6.07, 6.45) is 0.195. The molecule has 0 bridgehead atoms. The fourth-order valence-corrected chi connectivity index (χ4v) is 2.75. The van der Waals surface area contributed by atoms with Crippen molar-refractivity contribution in [1.29, 1.82) is 0 Å². The molecule has 0 heterocycles. The molecule has 1 unspecified atom stereocenters. The highest BCUT2D eigenvalue weighted by Crippen LogP contribution is 2.18. The van der Waals surface area contributed by atoms with Gasteiger partial charge in [-0.3, -0.25) is 9.59 Å². The quantitative estimate of drug-likeness (QED) is 0.766. The lowest BCUT2D eigenvalue weighted by atomic mass is 10.0. The first-order valence-electron chi connectivity index (χ1n) is 8.65. The van der Waals surface area contributed by atoms with Gasteiger partial charge >= 0.3 is 0 Å². The summed E-state index contributed by atoms with van der Waals surface area (Å²) in [6.45, 7) is 4.44. The highest BCUT2D eigenvalue weighted by Gasteiger charge is 2.17. The number of ether oxygens (including phenoxy) is 1. The Hall–Kier alpha value is -2.66. The predicted octanol–water partition coefficient (Wildman–Crippen LogP) is 3.03. The van der Waals surface area contributed by atoms with Crippen LogP contribution in [-0.4, -0.2) is 18.9 Å². The molecule has 1 atom stereocenters. The summed E-state index contributed by atoms with van der Waals surface area (Å²) in [5.41, 5.74) is 4.13. The van der Waals surface area contributed by atoms with E-state index in [1.54, 1.807) is 7.11 Å². The number of aryl methyl sites for hydroxylation is 1. The summed E-state index contributed by atoms with van der Waals surface area (Å²) in [5.74, 6) is -0.267. The Morgan fingerprint density at radius 2 is 1.77 bits per heavy atom. The molecule has 2 aromatic rings. The third kappa shape index (κ3) is 6.33. The molecule has 2 rings (SSSR count). The van der Waals surface area contributed by atoms with Crippen LogP contribution in [0.3, 0.4) is 0 Å². The maximum absolute atomic E-state index is 12.4. The maximum atomic E-state index is 12.4. The molecule has 26 heavy (non-hydrogen) atoms. The molecule has 0 saturated heterocycles. The van der Waals surface area contributed by atoms with Crippen LogP contribution in [-0.2, 0) is 27.5 Å². The summed E-state index contributed by atoms with van der Waals surface area (Å²) >= 11 is 0.